The van der Waals surface area contributed by atoms with Gasteiger partial charge >= 0.3 is 0 Å². The number of hydrogen-bond donors (Lipinski definition) is 1. The molecule has 0 fully saturated rings. The van der Waals surface area contributed by atoms with Crippen LogP contribution < -0.4 is 5.73 Å². The summed E-state index contributed by atoms with van der Waals surface area (Å²) in [5.41, 5.74) is 7.49. The van der Waals surface area contributed by atoms with E-state index in [0.29, 0.717) is 5.92 Å². The van der Waals surface area contributed by atoms with E-state index in [-0.39, 0.29) is 6.04 Å². The van der Waals surface area contributed by atoms with Gasteiger partial charge in [0.05, 0.1) is 2.88 Å². The van der Waals surface area contributed by atoms with Crippen LogP contribution in [0.1, 0.15) is 38.3 Å². The molecule has 0 radical (unpaired) electrons. The number of thiophene rings is 1. The van der Waals surface area contributed by atoms with Crippen LogP contribution in [0.2, 0.25) is 0 Å². The smallest absolute Gasteiger partial charge is 0.0656 e. The zero-order chi connectivity index (χ0) is 9.84. The van der Waals surface area contributed by atoms with Gasteiger partial charge in [-0.2, -0.15) is 0 Å². The summed E-state index contributed by atoms with van der Waals surface area (Å²) in [5, 5.41) is 2.19. The third-order valence-electron chi connectivity index (χ3n) is 2.53. The fourth-order valence-corrected chi connectivity index (χ4v) is 2.99. The molecule has 0 bridgehead atoms. The van der Waals surface area contributed by atoms with Crippen LogP contribution in [0.4, 0.5) is 0 Å². The highest BCUT2D eigenvalue weighted by molar-refractivity contribution is 14.1. The van der Waals surface area contributed by atoms with Crippen molar-refractivity contribution in [3.63, 3.8) is 0 Å². The van der Waals surface area contributed by atoms with Crippen LogP contribution in [0.25, 0.3) is 0 Å². The number of hydrogen-bond acceptors (Lipinski definition) is 2. The molecule has 2 N–H and O–H groups in total. The van der Waals surface area contributed by atoms with E-state index in [1.807, 2.05) is 0 Å². The molecule has 0 aliphatic carbocycles. The van der Waals surface area contributed by atoms with E-state index in [1.165, 1.54) is 21.3 Å². The van der Waals surface area contributed by atoms with E-state index in [0.717, 1.165) is 0 Å². The lowest BCUT2D eigenvalue weighted by Crippen LogP contribution is -2.19. The lowest BCUT2D eigenvalue weighted by Gasteiger charge is -2.19. The normalized spacial score (nSPS) is 13.6. The highest BCUT2D eigenvalue weighted by Gasteiger charge is 2.16. The van der Waals surface area contributed by atoms with Gasteiger partial charge in [0.1, 0.15) is 0 Å². The summed E-state index contributed by atoms with van der Waals surface area (Å²) in [4.78, 5) is 0. The minimum Gasteiger partial charge on any atom is -0.324 e. The molecule has 1 atom stereocenters. The van der Waals surface area contributed by atoms with Crippen LogP contribution in [0.5, 0.6) is 0 Å². The van der Waals surface area contributed by atoms with Crippen molar-refractivity contribution < 1.29 is 0 Å². The van der Waals surface area contributed by atoms with Crippen LogP contribution >= 0.6 is 33.9 Å². The van der Waals surface area contributed by atoms with E-state index < -0.39 is 0 Å². The molecule has 1 rings (SSSR count). The van der Waals surface area contributed by atoms with E-state index >= 15 is 0 Å². The van der Waals surface area contributed by atoms with E-state index in [2.05, 4.69) is 47.9 Å². The Kier molecular flexibility index (Phi) is 4.69. The molecular weight excluding hydrogens is 293 g/mol. The fraction of sp³-hybridized carbons (Fsp3) is 0.600. The summed E-state index contributed by atoms with van der Waals surface area (Å²) < 4.78 is 1.33. The first-order chi connectivity index (χ1) is 6.19. The maximum atomic E-state index is 6.18. The molecule has 0 saturated heterocycles. The molecular formula is C10H16INS. The Morgan fingerprint density at radius 3 is 2.46 bits per heavy atom. The van der Waals surface area contributed by atoms with E-state index in [4.69, 9.17) is 5.73 Å². The summed E-state index contributed by atoms with van der Waals surface area (Å²) in [7, 11) is 0. The predicted molar refractivity (Wildman–Crippen MR) is 68.0 cm³/mol. The summed E-state index contributed by atoms with van der Waals surface area (Å²) in [6.07, 6.45) is 2.34. The Labute approximate surface area is 97.9 Å². The van der Waals surface area contributed by atoms with Crippen molar-refractivity contribution in [3.8, 4) is 0 Å². The molecule has 3 heteroatoms. The van der Waals surface area contributed by atoms with Crippen molar-refractivity contribution in [1.82, 2.24) is 0 Å². The van der Waals surface area contributed by atoms with Gasteiger partial charge in [-0.25, -0.2) is 0 Å². The van der Waals surface area contributed by atoms with Crippen LogP contribution in [-0.4, -0.2) is 0 Å². The third-order valence-corrected chi connectivity index (χ3v) is 4.34. The van der Waals surface area contributed by atoms with Gasteiger partial charge in [0, 0.05) is 6.04 Å². The van der Waals surface area contributed by atoms with E-state index in [1.54, 1.807) is 11.3 Å². The quantitative estimate of drug-likeness (QED) is 0.842. The Hall–Kier alpha value is 0.390. The molecule has 0 aliphatic rings. The predicted octanol–water partition coefficient (Wildman–Crippen LogP) is 3.79. The Morgan fingerprint density at radius 1 is 1.46 bits per heavy atom. The van der Waals surface area contributed by atoms with Crippen molar-refractivity contribution in [1.29, 1.82) is 0 Å². The van der Waals surface area contributed by atoms with Crippen LogP contribution in [-0.2, 0) is 0 Å². The van der Waals surface area contributed by atoms with Gasteiger partial charge in [-0.3, -0.25) is 0 Å². The van der Waals surface area contributed by atoms with Crippen molar-refractivity contribution in [3.05, 3.63) is 19.9 Å². The maximum absolute atomic E-state index is 6.18. The average Bonchev–Trinajstić information content (AvgIpc) is 2.54. The van der Waals surface area contributed by atoms with Gasteiger partial charge in [-0.15, -0.1) is 11.3 Å². The molecule has 0 spiro atoms. The van der Waals surface area contributed by atoms with Gasteiger partial charge in [-0.05, 0) is 45.5 Å². The highest BCUT2D eigenvalue weighted by atomic mass is 127. The van der Waals surface area contributed by atoms with E-state index in [9.17, 15) is 0 Å². The van der Waals surface area contributed by atoms with Gasteiger partial charge < -0.3 is 5.73 Å². The van der Waals surface area contributed by atoms with Crippen LogP contribution in [0, 0.1) is 8.80 Å². The minimum absolute atomic E-state index is 0.231. The van der Waals surface area contributed by atoms with Gasteiger partial charge in [0.2, 0.25) is 0 Å². The standard InChI is InChI=1S/C10H16INS/c1-3-7(4-2)10(12)8-5-9(11)13-6-8/h5-7,10H,3-4,12H2,1-2H3. The monoisotopic (exact) mass is 309 g/mol. The SMILES string of the molecule is CCC(CC)C(N)c1csc(I)c1. The van der Waals surface area contributed by atoms with Gasteiger partial charge in [0.15, 0.2) is 0 Å². The molecule has 1 aromatic rings. The Bertz CT molecular complexity index is 255. The first-order valence-electron chi connectivity index (χ1n) is 4.68. The topological polar surface area (TPSA) is 26.0 Å². The largest absolute Gasteiger partial charge is 0.324 e. The Morgan fingerprint density at radius 2 is 2.08 bits per heavy atom. The number of halogens is 1. The van der Waals surface area contributed by atoms with Gasteiger partial charge in [0.25, 0.3) is 0 Å². The zero-order valence-electron chi connectivity index (χ0n) is 8.09. The third kappa shape index (κ3) is 2.92. The van der Waals surface area contributed by atoms with Gasteiger partial charge in [-0.1, -0.05) is 26.7 Å². The summed E-state index contributed by atoms with van der Waals surface area (Å²) in [5.74, 6) is 0.630. The second-order valence-electron chi connectivity index (χ2n) is 3.29. The zero-order valence-corrected chi connectivity index (χ0v) is 11.1. The lowest BCUT2D eigenvalue weighted by atomic mass is 9.91. The molecule has 1 aromatic heterocycles. The van der Waals surface area contributed by atoms with Crippen molar-refractivity contribution in [2.75, 3.05) is 0 Å². The molecule has 0 amide bonds. The molecule has 0 saturated carbocycles. The highest BCUT2D eigenvalue weighted by Crippen LogP contribution is 2.28. The van der Waals surface area contributed by atoms with Crippen LogP contribution in [0.15, 0.2) is 11.4 Å². The molecule has 74 valence electrons. The molecule has 1 heterocycles. The average molecular weight is 309 g/mol. The first kappa shape index (κ1) is 11.5. The molecule has 1 nitrogen and oxygen atoms in total. The summed E-state index contributed by atoms with van der Waals surface area (Å²) >= 11 is 4.12. The minimum atomic E-state index is 0.231. The molecule has 13 heavy (non-hydrogen) atoms. The fourth-order valence-electron chi connectivity index (χ4n) is 1.57. The second-order valence-corrected chi connectivity index (χ2v) is 6.09. The lowest BCUT2D eigenvalue weighted by molar-refractivity contribution is 0.406. The molecule has 0 aliphatic heterocycles. The number of nitrogens with two attached hydrogens (primary N) is 1. The summed E-state index contributed by atoms with van der Waals surface area (Å²) in [6, 6.07) is 2.43. The Balaban J connectivity index is 2.71. The van der Waals surface area contributed by atoms with Crippen molar-refractivity contribution in [2.24, 2.45) is 11.7 Å². The van der Waals surface area contributed by atoms with Crippen molar-refractivity contribution >= 4 is 33.9 Å². The van der Waals surface area contributed by atoms with Crippen molar-refractivity contribution in [2.45, 2.75) is 32.7 Å². The first-order valence-corrected chi connectivity index (χ1v) is 6.64. The molecule has 1 unspecified atom stereocenters. The van der Waals surface area contributed by atoms with Crippen LogP contribution in [0.3, 0.4) is 0 Å². The molecule has 0 aromatic carbocycles. The number of rotatable bonds is 4. The maximum Gasteiger partial charge on any atom is 0.0656 e. The second kappa shape index (κ2) is 5.32. The summed E-state index contributed by atoms with van der Waals surface area (Å²) in [6.45, 7) is 4.43.